The highest BCUT2D eigenvalue weighted by Crippen LogP contribution is 2.15. The van der Waals surface area contributed by atoms with E-state index in [1.807, 2.05) is 0 Å². The number of pyridine rings is 1. The number of aromatic nitrogens is 3. The number of rotatable bonds is 3. The summed E-state index contributed by atoms with van der Waals surface area (Å²) < 4.78 is 36.6. The lowest BCUT2D eigenvalue weighted by atomic mass is 10.2. The highest BCUT2D eigenvalue weighted by Gasteiger charge is 2.07. The van der Waals surface area contributed by atoms with Gasteiger partial charge in [-0.2, -0.15) is 4.57 Å². The molecule has 0 fully saturated rings. The van der Waals surface area contributed by atoms with Gasteiger partial charge >= 0.3 is 0 Å². The third kappa shape index (κ3) is 2.81. The zero-order valence-corrected chi connectivity index (χ0v) is 9.61. The predicted molar refractivity (Wildman–Crippen MR) is 55.2 cm³/mol. The second kappa shape index (κ2) is 4.24. The summed E-state index contributed by atoms with van der Waals surface area (Å²) in [6.07, 6.45) is 3.04. The van der Waals surface area contributed by atoms with Crippen molar-refractivity contribution in [3.8, 4) is 11.3 Å². The van der Waals surface area contributed by atoms with Gasteiger partial charge in [-0.1, -0.05) is 4.49 Å². The first-order chi connectivity index (χ1) is 7.54. The van der Waals surface area contributed by atoms with E-state index in [0.717, 1.165) is 11.3 Å². The molecule has 0 saturated heterocycles. The molecule has 0 spiro atoms. The highest BCUT2D eigenvalue weighted by atomic mass is 32.2. The van der Waals surface area contributed by atoms with E-state index in [1.165, 1.54) is 28.5 Å². The zero-order valence-electron chi connectivity index (χ0n) is 7.98. The van der Waals surface area contributed by atoms with E-state index in [2.05, 4.69) is 9.59 Å². The molecule has 84 valence electrons. The van der Waals surface area contributed by atoms with E-state index < -0.39 is 16.0 Å². The normalized spacial score (nSPS) is 11.6. The third-order valence-corrected chi connectivity index (χ3v) is 2.97. The van der Waals surface area contributed by atoms with Crippen molar-refractivity contribution in [3.05, 3.63) is 29.9 Å². The first kappa shape index (κ1) is 11.1. The Morgan fingerprint density at radius 1 is 1.38 bits per heavy atom. The summed E-state index contributed by atoms with van der Waals surface area (Å²) in [5, 5.41) is 5.65. The van der Waals surface area contributed by atoms with E-state index in [9.17, 15) is 13.0 Å². The lowest BCUT2D eigenvalue weighted by Gasteiger charge is -2.02. The molecule has 0 unspecified atom stereocenters. The monoisotopic (exact) mass is 257 g/mol. The second-order valence-corrected chi connectivity index (χ2v) is 5.06. The Morgan fingerprint density at radius 3 is 2.56 bits per heavy atom. The minimum absolute atomic E-state index is 0.567. The molecule has 2 aromatic rings. The maximum absolute atomic E-state index is 10.5. The number of nitrogens with zero attached hydrogens (tertiary/aromatic N) is 3. The first-order valence-corrected chi connectivity index (χ1v) is 6.66. The van der Waals surface area contributed by atoms with E-state index in [-0.39, 0.29) is 0 Å². The van der Waals surface area contributed by atoms with Gasteiger partial charge in [-0.15, -0.1) is 5.10 Å². The average molecular weight is 257 g/mol. The van der Waals surface area contributed by atoms with Gasteiger partial charge in [0.05, 0.1) is 0 Å². The summed E-state index contributed by atoms with van der Waals surface area (Å²) in [5.74, 6) is -0.567. The fourth-order valence-corrected chi connectivity index (χ4v) is 2.19. The van der Waals surface area contributed by atoms with Gasteiger partial charge in [-0.25, -0.2) is 8.42 Å². The first-order valence-electron chi connectivity index (χ1n) is 4.25. The van der Waals surface area contributed by atoms with Gasteiger partial charge in [-0.3, -0.25) is 0 Å². The van der Waals surface area contributed by atoms with Crippen LogP contribution >= 0.6 is 11.5 Å². The summed E-state index contributed by atoms with van der Waals surface area (Å²) >= 11 is 1.23. The molecule has 2 aromatic heterocycles. The molecule has 2 rings (SSSR count). The van der Waals surface area contributed by atoms with Crippen LogP contribution in [0.5, 0.6) is 0 Å². The lowest BCUT2D eigenvalue weighted by molar-refractivity contribution is -0.678. The number of hydrogen-bond donors (Lipinski definition) is 0. The van der Waals surface area contributed by atoms with Crippen LogP contribution in [0.2, 0.25) is 0 Å². The fourth-order valence-electron chi connectivity index (χ4n) is 1.19. The van der Waals surface area contributed by atoms with Gasteiger partial charge in [0.1, 0.15) is 5.69 Å². The van der Waals surface area contributed by atoms with Crippen molar-refractivity contribution in [3.63, 3.8) is 0 Å². The minimum Gasteiger partial charge on any atom is -0.743 e. The van der Waals surface area contributed by atoms with Crippen molar-refractivity contribution >= 4 is 21.7 Å². The molecule has 0 amide bonds. The molecule has 0 radical (unpaired) electrons. The Kier molecular flexibility index (Phi) is 2.95. The largest absolute Gasteiger partial charge is 0.743 e. The van der Waals surface area contributed by atoms with Crippen LogP contribution < -0.4 is 4.57 Å². The summed E-state index contributed by atoms with van der Waals surface area (Å²) in [6, 6.07) is 3.36. The summed E-state index contributed by atoms with van der Waals surface area (Å²) in [7, 11) is -4.26. The second-order valence-electron chi connectivity index (χ2n) is 3.08. The minimum atomic E-state index is -4.26. The Hall–Kier alpha value is -1.38. The van der Waals surface area contributed by atoms with Crippen LogP contribution in [0, 0.1) is 0 Å². The number of hydrogen-bond acceptors (Lipinski definition) is 6. The van der Waals surface area contributed by atoms with Crippen molar-refractivity contribution in [1.82, 2.24) is 9.59 Å². The van der Waals surface area contributed by atoms with Gasteiger partial charge in [-0.05, 0) is 11.5 Å². The molecular weight excluding hydrogens is 250 g/mol. The lowest BCUT2D eigenvalue weighted by Crippen LogP contribution is -2.36. The third-order valence-electron chi connectivity index (χ3n) is 1.85. The predicted octanol–water partition coefficient (Wildman–Crippen LogP) is -0.00470. The van der Waals surface area contributed by atoms with E-state index in [4.69, 9.17) is 0 Å². The molecule has 0 aliphatic rings. The molecule has 0 aromatic carbocycles. The van der Waals surface area contributed by atoms with Gasteiger partial charge in [0, 0.05) is 23.1 Å². The topological polar surface area (TPSA) is 86.9 Å². The van der Waals surface area contributed by atoms with Crippen LogP contribution in [0.15, 0.2) is 29.9 Å². The van der Waals surface area contributed by atoms with Gasteiger partial charge in [0.15, 0.2) is 22.5 Å². The van der Waals surface area contributed by atoms with Crippen LogP contribution in [0.4, 0.5) is 0 Å². The van der Waals surface area contributed by atoms with Crippen molar-refractivity contribution in [1.29, 1.82) is 0 Å². The average Bonchev–Trinajstić information content (AvgIpc) is 2.69. The van der Waals surface area contributed by atoms with Crippen molar-refractivity contribution in [2.24, 2.45) is 0 Å². The maximum atomic E-state index is 10.5. The van der Waals surface area contributed by atoms with Crippen molar-refractivity contribution < 1.29 is 17.5 Å². The molecular formula is C8H7N3O3S2. The molecule has 0 saturated carbocycles. The van der Waals surface area contributed by atoms with Gasteiger partial charge in [0.2, 0.25) is 5.88 Å². The molecule has 0 aliphatic heterocycles. The van der Waals surface area contributed by atoms with Crippen LogP contribution in [-0.4, -0.2) is 22.6 Å². The molecule has 2 heterocycles. The Labute approximate surface area is 96.1 Å². The van der Waals surface area contributed by atoms with Gasteiger partial charge in [0.25, 0.3) is 0 Å². The van der Waals surface area contributed by atoms with E-state index in [1.54, 1.807) is 17.5 Å². The van der Waals surface area contributed by atoms with Gasteiger partial charge < -0.3 is 4.55 Å². The SMILES string of the molecule is O=S(=O)([O-])C[n+]1ccc(-c2csnn2)cc1. The molecule has 6 nitrogen and oxygen atoms in total. The van der Waals surface area contributed by atoms with E-state index >= 15 is 0 Å². The van der Waals surface area contributed by atoms with Crippen LogP contribution in [0.3, 0.4) is 0 Å². The quantitative estimate of drug-likeness (QED) is 0.570. The van der Waals surface area contributed by atoms with Crippen LogP contribution in [0.1, 0.15) is 0 Å². The Bertz CT molecular complexity index is 563. The summed E-state index contributed by atoms with van der Waals surface area (Å²) in [5.41, 5.74) is 1.55. The van der Waals surface area contributed by atoms with Crippen molar-refractivity contribution in [2.45, 2.75) is 5.88 Å². The van der Waals surface area contributed by atoms with Crippen molar-refractivity contribution in [2.75, 3.05) is 0 Å². The molecule has 0 N–H and O–H groups in total. The smallest absolute Gasteiger partial charge is 0.236 e. The molecule has 0 aliphatic carbocycles. The van der Waals surface area contributed by atoms with Crippen LogP contribution in [-0.2, 0) is 16.0 Å². The maximum Gasteiger partial charge on any atom is 0.236 e. The Balaban J connectivity index is 2.24. The molecule has 16 heavy (non-hydrogen) atoms. The van der Waals surface area contributed by atoms with E-state index in [0.29, 0.717) is 0 Å². The molecule has 0 atom stereocenters. The zero-order chi connectivity index (χ0) is 11.6. The standard InChI is InChI=1S/C8H7N3O3S2/c12-16(13,14)6-11-3-1-7(2-4-11)8-5-15-10-9-8/h1-5H,6H2. The van der Waals surface area contributed by atoms with Crippen LogP contribution in [0.25, 0.3) is 11.3 Å². The summed E-state index contributed by atoms with van der Waals surface area (Å²) in [6.45, 7) is 0. The Morgan fingerprint density at radius 2 is 2.06 bits per heavy atom. The highest BCUT2D eigenvalue weighted by molar-refractivity contribution is 7.84. The summed E-state index contributed by atoms with van der Waals surface area (Å²) in [4.78, 5) is 0. The fraction of sp³-hybridized carbons (Fsp3) is 0.125. The molecule has 0 bridgehead atoms. The molecule has 8 heteroatoms.